The van der Waals surface area contributed by atoms with Crippen molar-refractivity contribution in [1.29, 1.82) is 0 Å². The normalized spacial score (nSPS) is 13.0. The summed E-state index contributed by atoms with van der Waals surface area (Å²) in [6.45, 7) is 2.37. The van der Waals surface area contributed by atoms with Crippen molar-refractivity contribution >= 4 is 25.7 Å². The molecule has 0 saturated carbocycles. The van der Waals surface area contributed by atoms with E-state index in [1.165, 1.54) is 17.9 Å². The predicted molar refractivity (Wildman–Crippen MR) is 76.5 cm³/mol. The van der Waals surface area contributed by atoms with Crippen molar-refractivity contribution in [3.8, 4) is 0 Å². The topological polar surface area (TPSA) is 115 Å². The fourth-order valence-corrected chi connectivity index (χ4v) is 3.49. The lowest BCUT2D eigenvalue weighted by Crippen LogP contribution is -2.31. The molecule has 1 heterocycles. The van der Waals surface area contributed by atoms with Crippen LogP contribution in [0.5, 0.6) is 0 Å². The zero-order valence-electron chi connectivity index (χ0n) is 11.8. The number of rotatable bonds is 7. The van der Waals surface area contributed by atoms with Gasteiger partial charge >= 0.3 is 0 Å². The number of nitrogens with two attached hydrogens (primary N) is 1. The van der Waals surface area contributed by atoms with Gasteiger partial charge < -0.3 is 5.73 Å². The van der Waals surface area contributed by atoms with Gasteiger partial charge in [0.25, 0.3) is 0 Å². The van der Waals surface area contributed by atoms with Gasteiger partial charge in [-0.2, -0.15) is 9.40 Å². The maximum atomic E-state index is 12.3. The molecular formula is C10H20N4O4S2. The second-order valence-electron chi connectivity index (χ2n) is 4.60. The van der Waals surface area contributed by atoms with E-state index in [2.05, 4.69) is 5.10 Å². The fourth-order valence-electron chi connectivity index (χ4n) is 1.54. The van der Waals surface area contributed by atoms with Gasteiger partial charge in [0, 0.05) is 32.6 Å². The first-order valence-corrected chi connectivity index (χ1v) is 9.55. The first-order valence-electron chi connectivity index (χ1n) is 6.05. The largest absolute Gasteiger partial charge is 0.381 e. The van der Waals surface area contributed by atoms with Gasteiger partial charge in [0.1, 0.15) is 14.7 Å². The molecule has 0 radical (unpaired) electrons. The molecule has 116 valence electrons. The van der Waals surface area contributed by atoms with Crippen LogP contribution in [-0.4, -0.2) is 56.5 Å². The lowest BCUT2D eigenvalue weighted by atomic mass is 10.5. The van der Waals surface area contributed by atoms with Crippen molar-refractivity contribution in [1.82, 2.24) is 14.1 Å². The Bertz CT molecular complexity index is 663. The zero-order chi connectivity index (χ0) is 15.6. The maximum absolute atomic E-state index is 12.3. The summed E-state index contributed by atoms with van der Waals surface area (Å²) in [6, 6.07) is 0. The predicted octanol–water partition coefficient (Wildman–Crippen LogP) is -0.460. The molecule has 0 saturated heterocycles. The van der Waals surface area contributed by atoms with E-state index in [-0.39, 0.29) is 23.0 Å². The number of anilines is 1. The molecule has 0 amide bonds. The minimum atomic E-state index is -3.83. The van der Waals surface area contributed by atoms with Crippen molar-refractivity contribution < 1.29 is 16.8 Å². The zero-order valence-corrected chi connectivity index (χ0v) is 13.4. The van der Waals surface area contributed by atoms with Crippen LogP contribution < -0.4 is 5.73 Å². The Morgan fingerprint density at radius 3 is 2.45 bits per heavy atom. The molecule has 0 aliphatic rings. The summed E-state index contributed by atoms with van der Waals surface area (Å²) in [5, 5.41) is 3.93. The number of hydrogen-bond acceptors (Lipinski definition) is 6. The van der Waals surface area contributed by atoms with E-state index in [9.17, 15) is 16.8 Å². The van der Waals surface area contributed by atoms with Crippen LogP contribution in [-0.2, 0) is 26.4 Å². The summed E-state index contributed by atoms with van der Waals surface area (Å²) in [4.78, 5) is -0.0954. The van der Waals surface area contributed by atoms with Gasteiger partial charge in [-0.15, -0.1) is 0 Å². The summed E-state index contributed by atoms with van der Waals surface area (Å²) in [5.74, 6) is -0.323. The van der Waals surface area contributed by atoms with E-state index < -0.39 is 19.9 Å². The molecule has 0 aromatic carbocycles. The summed E-state index contributed by atoms with van der Waals surface area (Å²) in [7, 11) is -5.75. The SMILES string of the molecule is CCCn1cc(S(=O)(=O)N(C)CCS(C)(=O)=O)c(N)n1. The van der Waals surface area contributed by atoms with Gasteiger partial charge in [-0.3, -0.25) is 4.68 Å². The van der Waals surface area contributed by atoms with Crippen molar-refractivity contribution in [2.45, 2.75) is 24.8 Å². The molecule has 0 aliphatic heterocycles. The summed E-state index contributed by atoms with van der Waals surface area (Å²) in [5.41, 5.74) is 5.62. The highest BCUT2D eigenvalue weighted by Crippen LogP contribution is 2.20. The third-order valence-electron chi connectivity index (χ3n) is 2.67. The lowest BCUT2D eigenvalue weighted by molar-refractivity contribution is 0.485. The van der Waals surface area contributed by atoms with E-state index in [1.54, 1.807) is 0 Å². The number of hydrogen-bond donors (Lipinski definition) is 1. The number of sulfone groups is 1. The van der Waals surface area contributed by atoms with Crippen LogP contribution in [0.2, 0.25) is 0 Å². The molecule has 0 aliphatic carbocycles. The van der Waals surface area contributed by atoms with Crippen LogP contribution in [0.4, 0.5) is 5.82 Å². The third kappa shape index (κ3) is 4.18. The van der Waals surface area contributed by atoms with Crippen LogP contribution in [0.15, 0.2) is 11.1 Å². The van der Waals surface area contributed by atoms with Crippen molar-refractivity contribution in [2.75, 3.05) is 31.3 Å². The Hall–Kier alpha value is -1.13. The number of nitrogen functional groups attached to an aromatic ring is 1. The Kier molecular flexibility index (Phi) is 5.16. The van der Waals surface area contributed by atoms with Gasteiger partial charge in [0.05, 0.1) is 5.75 Å². The fraction of sp³-hybridized carbons (Fsp3) is 0.700. The van der Waals surface area contributed by atoms with E-state index >= 15 is 0 Å². The van der Waals surface area contributed by atoms with Gasteiger partial charge in [-0.05, 0) is 6.42 Å². The molecule has 0 spiro atoms. The number of aryl methyl sites for hydroxylation is 1. The first kappa shape index (κ1) is 16.9. The van der Waals surface area contributed by atoms with Crippen LogP contribution in [0.3, 0.4) is 0 Å². The quantitative estimate of drug-likeness (QED) is 0.725. The van der Waals surface area contributed by atoms with E-state index in [4.69, 9.17) is 5.73 Å². The Morgan fingerprint density at radius 2 is 1.95 bits per heavy atom. The highest BCUT2D eigenvalue weighted by molar-refractivity contribution is 7.91. The Morgan fingerprint density at radius 1 is 1.35 bits per heavy atom. The van der Waals surface area contributed by atoms with Gasteiger partial charge in [0.2, 0.25) is 10.0 Å². The van der Waals surface area contributed by atoms with Crippen molar-refractivity contribution in [3.05, 3.63) is 6.20 Å². The van der Waals surface area contributed by atoms with Gasteiger partial charge in [0.15, 0.2) is 5.82 Å². The average Bonchev–Trinajstić information content (AvgIpc) is 2.67. The molecule has 1 rings (SSSR count). The highest BCUT2D eigenvalue weighted by atomic mass is 32.2. The molecule has 20 heavy (non-hydrogen) atoms. The van der Waals surface area contributed by atoms with Crippen LogP contribution in [0.1, 0.15) is 13.3 Å². The standard InChI is InChI=1S/C10H20N4O4S2/c1-4-5-14-8-9(10(11)12-14)20(17,18)13(2)6-7-19(3,15)16/h8H,4-7H2,1-3H3,(H2,11,12). The average molecular weight is 324 g/mol. The van der Waals surface area contributed by atoms with E-state index in [1.807, 2.05) is 6.92 Å². The summed E-state index contributed by atoms with van der Waals surface area (Å²) in [6.07, 6.45) is 3.22. The van der Waals surface area contributed by atoms with E-state index in [0.29, 0.717) is 6.54 Å². The summed E-state index contributed by atoms with van der Waals surface area (Å²) < 4.78 is 49.2. The number of sulfonamides is 1. The molecule has 2 N–H and O–H groups in total. The Balaban J connectivity index is 2.98. The molecule has 10 heteroatoms. The molecule has 1 aromatic rings. The minimum Gasteiger partial charge on any atom is -0.381 e. The maximum Gasteiger partial charge on any atom is 0.248 e. The van der Waals surface area contributed by atoms with Crippen molar-refractivity contribution in [2.24, 2.45) is 0 Å². The third-order valence-corrected chi connectivity index (χ3v) is 5.47. The molecule has 1 aromatic heterocycles. The second-order valence-corrected chi connectivity index (χ2v) is 8.87. The smallest absolute Gasteiger partial charge is 0.248 e. The molecule has 8 nitrogen and oxygen atoms in total. The molecule has 0 fully saturated rings. The summed E-state index contributed by atoms with van der Waals surface area (Å²) >= 11 is 0. The van der Waals surface area contributed by atoms with Crippen molar-refractivity contribution in [3.63, 3.8) is 0 Å². The second kappa shape index (κ2) is 6.10. The van der Waals surface area contributed by atoms with Crippen LogP contribution in [0, 0.1) is 0 Å². The monoisotopic (exact) mass is 324 g/mol. The molecular weight excluding hydrogens is 304 g/mol. The molecule has 0 unspecified atom stereocenters. The highest BCUT2D eigenvalue weighted by Gasteiger charge is 2.26. The number of aromatic nitrogens is 2. The molecule has 0 bridgehead atoms. The lowest BCUT2D eigenvalue weighted by Gasteiger charge is -2.15. The van der Waals surface area contributed by atoms with Crippen LogP contribution >= 0.6 is 0 Å². The van der Waals surface area contributed by atoms with Crippen LogP contribution in [0.25, 0.3) is 0 Å². The minimum absolute atomic E-state index is 0.0790. The first-order chi connectivity index (χ1) is 9.08. The van der Waals surface area contributed by atoms with E-state index in [0.717, 1.165) is 17.0 Å². The van der Waals surface area contributed by atoms with Gasteiger partial charge in [-0.1, -0.05) is 6.92 Å². The number of nitrogens with zero attached hydrogens (tertiary/aromatic N) is 3. The Labute approximate surface area is 119 Å². The van der Waals surface area contributed by atoms with Gasteiger partial charge in [-0.25, -0.2) is 16.8 Å². The molecule has 0 atom stereocenters.